The highest BCUT2D eigenvalue weighted by molar-refractivity contribution is 7.26. The van der Waals surface area contributed by atoms with E-state index in [4.69, 9.17) is 9.41 Å². The van der Waals surface area contributed by atoms with Crippen molar-refractivity contribution in [2.24, 2.45) is 4.99 Å². The van der Waals surface area contributed by atoms with Gasteiger partial charge in [-0.2, -0.15) is 0 Å². The summed E-state index contributed by atoms with van der Waals surface area (Å²) < 4.78 is 11.5. The molecule has 0 saturated heterocycles. The average molecular weight is 765 g/mol. The molecule has 0 amide bonds. The van der Waals surface area contributed by atoms with E-state index < -0.39 is 0 Å². The number of aromatic nitrogens is 1. The van der Waals surface area contributed by atoms with Crippen LogP contribution in [0.15, 0.2) is 191 Å². The summed E-state index contributed by atoms with van der Waals surface area (Å²) in [5.41, 5.74) is 11.1. The second-order valence-corrected chi connectivity index (χ2v) is 16.2. The van der Waals surface area contributed by atoms with E-state index in [1.165, 1.54) is 58.7 Å². The summed E-state index contributed by atoms with van der Waals surface area (Å²) in [5, 5.41) is 11.2. The van der Waals surface area contributed by atoms with Gasteiger partial charge in [0.25, 0.3) is 0 Å². The van der Waals surface area contributed by atoms with Gasteiger partial charge < -0.3 is 13.9 Å². The van der Waals surface area contributed by atoms with Crippen molar-refractivity contribution in [3.05, 3.63) is 199 Å². The van der Waals surface area contributed by atoms with Gasteiger partial charge in [0.15, 0.2) is 0 Å². The highest BCUT2D eigenvalue weighted by Crippen LogP contribution is 2.45. The molecule has 0 fully saturated rings. The fourth-order valence-corrected chi connectivity index (χ4v) is 10.5. The largest absolute Gasteiger partial charge is 0.455 e. The van der Waals surface area contributed by atoms with Gasteiger partial charge in [0.05, 0.1) is 16.6 Å². The minimum absolute atomic E-state index is 0.169. The van der Waals surface area contributed by atoms with Crippen LogP contribution in [0, 0.1) is 0 Å². The van der Waals surface area contributed by atoms with E-state index >= 15 is 0 Å². The third-order valence-corrected chi connectivity index (χ3v) is 13.1. The van der Waals surface area contributed by atoms with E-state index in [0.717, 1.165) is 44.6 Å². The maximum Gasteiger partial charge on any atom is 0.146 e. The highest BCUT2D eigenvalue weighted by Gasteiger charge is 2.33. The molecule has 0 bridgehead atoms. The van der Waals surface area contributed by atoms with Crippen LogP contribution in [-0.2, 0) is 0 Å². The van der Waals surface area contributed by atoms with Crippen LogP contribution in [0.3, 0.4) is 0 Å². The molecule has 1 N–H and O–H groups in total. The van der Waals surface area contributed by atoms with E-state index in [2.05, 4.69) is 192 Å². The Bertz CT molecular complexity index is 3410. The smallest absolute Gasteiger partial charge is 0.146 e. The number of thiophene rings is 1. The van der Waals surface area contributed by atoms with Gasteiger partial charge >= 0.3 is 0 Å². The molecule has 6 heteroatoms. The van der Waals surface area contributed by atoms with Gasteiger partial charge in [0.1, 0.15) is 29.3 Å². The van der Waals surface area contributed by atoms with E-state index in [1.54, 1.807) is 0 Å². The van der Waals surface area contributed by atoms with Gasteiger partial charge in [-0.1, -0.05) is 133 Å². The van der Waals surface area contributed by atoms with Crippen LogP contribution in [0.25, 0.3) is 80.7 Å². The number of nitrogens with zero attached hydrogens (tertiary/aromatic N) is 3. The first kappa shape index (κ1) is 33.2. The number of hydrogen-bond acceptors (Lipinski definition) is 5. The Kier molecular flexibility index (Phi) is 7.45. The van der Waals surface area contributed by atoms with E-state index in [-0.39, 0.29) is 12.3 Å². The lowest BCUT2D eigenvalue weighted by atomic mass is 9.96. The van der Waals surface area contributed by atoms with Crippen molar-refractivity contribution in [2.45, 2.75) is 12.3 Å². The Morgan fingerprint density at radius 3 is 2.16 bits per heavy atom. The molecule has 0 aliphatic carbocycles. The molecule has 12 rings (SSSR count). The summed E-state index contributed by atoms with van der Waals surface area (Å²) in [6.07, 6.45) is -0.431. The minimum atomic E-state index is -0.262. The van der Waals surface area contributed by atoms with Crippen LogP contribution in [0.5, 0.6) is 0 Å². The van der Waals surface area contributed by atoms with Crippen molar-refractivity contribution in [3.8, 4) is 16.8 Å². The molecule has 8 aromatic carbocycles. The second-order valence-electron chi connectivity index (χ2n) is 15.2. The van der Waals surface area contributed by atoms with Crippen molar-refractivity contribution >= 4 is 81.1 Å². The summed E-state index contributed by atoms with van der Waals surface area (Å²) in [5.74, 6) is 0.893. The number of rotatable bonds is 5. The van der Waals surface area contributed by atoms with Gasteiger partial charge in [-0.25, -0.2) is 4.99 Å². The molecule has 2 unspecified atom stereocenters. The normalized spacial score (nSPS) is 16.0. The van der Waals surface area contributed by atoms with Crippen LogP contribution < -0.4 is 5.32 Å². The van der Waals surface area contributed by atoms with Crippen molar-refractivity contribution in [1.82, 2.24) is 14.8 Å². The maximum absolute atomic E-state index is 6.58. The zero-order chi connectivity index (χ0) is 38.3. The monoisotopic (exact) mass is 764 g/mol. The molecule has 1 aliphatic rings. The number of furan rings is 1. The summed E-state index contributed by atoms with van der Waals surface area (Å²) in [6.45, 7) is 0. The lowest BCUT2D eigenvalue weighted by molar-refractivity contribution is 0.259. The van der Waals surface area contributed by atoms with Gasteiger partial charge in [0, 0.05) is 60.0 Å². The van der Waals surface area contributed by atoms with Crippen LogP contribution in [0.1, 0.15) is 29.0 Å². The second kappa shape index (κ2) is 13.0. The molecule has 0 saturated carbocycles. The predicted molar refractivity (Wildman–Crippen MR) is 242 cm³/mol. The van der Waals surface area contributed by atoms with E-state index in [1.807, 2.05) is 23.5 Å². The third kappa shape index (κ3) is 5.02. The first-order valence-corrected chi connectivity index (χ1v) is 20.6. The third-order valence-electron chi connectivity index (χ3n) is 11.9. The fourth-order valence-electron chi connectivity index (χ4n) is 9.24. The first-order chi connectivity index (χ1) is 28.7. The van der Waals surface area contributed by atoms with Gasteiger partial charge in [-0.15, -0.1) is 11.3 Å². The Hall–Kier alpha value is -6.99. The molecular weight excluding hydrogens is 729 g/mol. The van der Waals surface area contributed by atoms with Crippen molar-refractivity contribution in [2.75, 3.05) is 7.05 Å². The molecular formula is C52H36N4OS. The number of benzene rings is 8. The summed E-state index contributed by atoms with van der Waals surface area (Å²) in [4.78, 5) is 7.71. The van der Waals surface area contributed by atoms with Crippen molar-refractivity contribution < 1.29 is 4.42 Å². The zero-order valence-electron chi connectivity index (χ0n) is 31.6. The Morgan fingerprint density at radius 1 is 0.586 bits per heavy atom. The zero-order valence-corrected chi connectivity index (χ0v) is 32.4. The topological polar surface area (TPSA) is 45.7 Å². The molecule has 2 atom stereocenters. The van der Waals surface area contributed by atoms with Crippen LogP contribution in [0.4, 0.5) is 0 Å². The minimum Gasteiger partial charge on any atom is -0.455 e. The van der Waals surface area contributed by atoms with Gasteiger partial charge in [-0.3, -0.25) is 5.32 Å². The van der Waals surface area contributed by atoms with Crippen molar-refractivity contribution in [3.63, 3.8) is 0 Å². The molecule has 3 aromatic heterocycles. The lowest BCUT2D eigenvalue weighted by Gasteiger charge is -2.39. The fraction of sp³-hybridized carbons (Fsp3) is 0.0577. The average Bonchev–Trinajstić information content (AvgIpc) is 3.97. The number of amidine groups is 1. The first-order valence-electron chi connectivity index (χ1n) is 19.7. The standard InChI is InChI=1S/C52H36N4OS/c1-55-51(40-24-12-22-38-37-20-9-11-27-45(37)57-48(38)40)53-50(32-15-4-2-5-16-32)54-52(55)41-25-13-23-39-47-35(21-14-28-46(47)58-49(39)41)33-29-30-44-42(31-33)36-19-8-10-26-43(36)56(44)34-17-6-3-7-18-34/h2-31,50,52,54H,1H3. The number of hydrogen-bond donors (Lipinski definition) is 1. The Balaban J connectivity index is 1.02. The van der Waals surface area contributed by atoms with Crippen LogP contribution >= 0.6 is 11.3 Å². The van der Waals surface area contributed by atoms with Gasteiger partial charge in [0.2, 0.25) is 0 Å². The number of para-hydroxylation sites is 4. The molecule has 0 spiro atoms. The van der Waals surface area contributed by atoms with Crippen LogP contribution in [-0.4, -0.2) is 22.4 Å². The Labute approximate surface area is 338 Å². The number of aliphatic imine (C=N–C) groups is 1. The quantitative estimate of drug-likeness (QED) is 0.190. The summed E-state index contributed by atoms with van der Waals surface area (Å²) in [7, 11) is 2.15. The maximum atomic E-state index is 6.58. The highest BCUT2D eigenvalue weighted by atomic mass is 32.1. The SMILES string of the molecule is CN1C(c2cccc3c2oc2ccccc23)=NC(c2ccccc2)NC1c1cccc2c1sc1cccc(-c3ccc4c(c3)c3ccccc3n4-c3ccccc3)c12. The summed E-state index contributed by atoms with van der Waals surface area (Å²) in [6, 6.07) is 65.2. The molecule has 4 heterocycles. The molecule has 5 nitrogen and oxygen atoms in total. The molecule has 11 aromatic rings. The molecule has 0 radical (unpaired) electrons. The number of nitrogens with one attached hydrogen (secondary N) is 1. The summed E-state index contributed by atoms with van der Waals surface area (Å²) >= 11 is 1.87. The lowest BCUT2D eigenvalue weighted by Crippen LogP contribution is -2.46. The van der Waals surface area contributed by atoms with E-state index in [9.17, 15) is 0 Å². The van der Waals surface area contributed by atoms with E-state index in [0.29, 0.717) is 0 Å². The molecule has 276 valence electrons. The van der Waals surface area contributed by atoms with Crippen LogP contribution in [0.2, 0.25) is 0 Å². The molecule has 58 heavy (non-hydrogen) atoms. The molecule has 1 aliphatic heterocycles. The number of fused-ring (bicyclic) bond motifs is 9. The predicted octanol–water partition coefficient (Wildman–Crippen LogP) is 13.4. The Morgan fingerprint density at radius 2 is 1.28 bits per heavy atom. The van der Waals surface area contributed by atoms with Crippen molar-refractivity contribution in [1.29, 1.82) is 0 Å². The van der Waals surface area contributed by atoms with Gasteiger partial charge in [-0.05, 0) is 65.2 Å².